The van der Waals surface area contributed by atoms with Crippen LogP contribution in [-0.4, -0.2) is 37.6 Å². The Hall–Kier alpha value is -1.61. The molecule has 3 nitrogen and oxygen atoms in total. The molecule has 0 aliphatic heterocycles. The van der Waals surface area contributed by atoms with E-state index in [2.05, 4.69) is 24.3 Å². The van der Waals surface area contributed by atoms with Gasteiger partial charge in [-0.15, -0.1) is 0 Å². The van der Waals surface area contributed by atoms with Crippen LogP contribution in [0.25, 0.3) is 6.08 Å². The molecule has 2 aliphatic rings. The first-order valence-corrected chi connectivity index (χ1v) is 7.74. The molecule has 0 saturated heterocycles. The SMILES string of the molecule is COCCN(C/C=C/c1ccccc1)C(=O)C1CC12CC2. The monoisotopic (exact) mass is 285 g/mol. The first-order chi connectivity index (χ1) is 10.2. The minimum Gasteiger partial charge on any atom is -0.383 e. The lowest BCUT2D eigenvalue weighted by atomic mass is 10.2. The number of carbonyl (C=O) groups is 1. The predicted octanol–water partition coefficient (Wildman–Crippen LogP) is 2.97. The zero-order chi connectivity index (χ0) is 14.7. The van der Waals surface area contributed by atoms with Crippen molar-refractivity contribution < 1.29 is 9.53 Å². The molecule has 2 fully saturated rings. The Morgan fingerprint density at radius 3 is 2.76 bits per heavy atom. The van der Waals surface area contributed by atoms with E-state index in [0.29, 0.717) is 36.9 Å². The lowest BCUT2D eigenvalue weighted by Gasteiger charge is -2.21. The highest BCUT2D eigenvalue weighted by Gasteiger charge is 2.66. The maximum atomic E-state index is 12.5. The summed E-state index contributed by atoms with van der Waals surface area (Å²) >= 11 is 0. The van der Waals surface area contributed by atoms with E-state index in [1.165, 1.54) is 18.4 Å². The molecule has 2 saturated carbocycles. The Morgan fingerprint density at radius 1 is 1.38 bits per heavy atom. The third kappa shape index (κ3) is 3.35. The van der Waals surface area contributed by atoms with E-state index in [-0.39, 0.29) is 0 Å². The quantitative estimate of drug-likeness (QED) is 0.771. The molecular formula is C18H23NO2. The molecule has 0 bridgehead atoms. The maximum absolute atomic E-state index is 12.5. The predicted molar refractivity (Wildman–Crippen MR) is 83.7 cm³/mol. The molecule has 1 aromatic carbocycles. The molecule has 3 heteroatoms. The van der Waals surface area contributed by atoms with Gasteiger partial charge >= 0.3 is 0 Å². The Labute approximate surface area is 126 Å². The van der Waals surface area contributed by atoms with Crippen LogP contribution in [0.4, 0.5) is 0 Å². The lowest BCUT2D eigenvalue weighted by molar-refractivity contribution is -0.133. The zero-order valence-electron chi connectivity index (χ0n) is 12.6. The summed E-state index contributed by atoms with van der Waals surface area (Å²) in [6.45, 7) is 1.95. The molecule has 3 rings (SSSR count). The van der Waals surface area contributed by atoms with Crippen LogP contribution in [0.1, 0.15) is 24.8 Å². The van der Waals surface area contributed by atoms with Gasteiger partial charge in [0.15, 0.2) is 0 Å². The summed E-state index contributed by atoms with van der Waals surface area (Å²) in [6, 6.07) is 10.2. The summed E-state index contributed by atoms with van der Waals surface area (Å²) in [5, 5.41) is 0. The normalized spacial score (nSPS) is 21.7. The number of hydrogen-bond acceptors (Lipinski definition) is 2. The van der Waals surface area contributed by atoms with Crippen molar-refractivity contribution in [3.63, 3.8) is 0 Å². The molecule has 1 unspecified atom stereocenters. The van der Waals surface area contributed by atoms with Crippen LogP contribution in [-0.2, 0) is 9.53 Å². The fraction of sp³-hybridized carbons (Fsp3) is 0.500. The lowest BCUT2D eigenvalue weighted by Crippen LogP contribution is -2.35. The van der Waals surface area contributed by atoms with E-state index >= 15 is 0 Å². The summed E-state index contributed by atoms with van der Waals surface area (Å²) in [7, 11) is 1.68. The van der Waals surface area contributed by atoms with Crippen molar-refractivity contribution in [2.75, 3.05) is 26.8 Å². The van der Waals surface area contributed by atoms with Gasteiger partial charge in [-0.05, 0) is 30.2 Å². The second kappa shape index (κ2) is 6.02. The first-order valence-electron chi connectivity index (χ1n) is 7.74. The third-order valence-corrected chi connectivity index (χ3v) is 4.69. The molecule has 2 aliphatic carbocycles. The molecular weight excluding hydrogens is 262 g/mol. The summed E-state index contributed by atoms with van der Waals surface area (Å²) in [4.78, 5) is 14.5. The molecule has 1 spiro atoms. The average Bonchev–Trinajstić information content (AvgIpc) is 3.43. The van der Waals surface area contributed by atoms with Crippen LogP contribution in [0.3, 0.4) is 0 Å². The minimum atomic E-state index is 0.291. The van der Waals surface area contributed by atoms with Crippen LogP contribution >= 0.6 is 0 Å². The fourth-order valence-corrected chi connectivity index (χ4v) is 3.00. The van der Waals surface area contributed by atoms with Crippen molar-refractivity contribution in [1.82, 2.24) is 4.90 Å². The molecule has 0 N–H and O–H groups in total. The smallest absolute Gasteiger partial charge is 0.226 e. The van der Waals surface area contributed by atoms with Crippen LogP contribution in [0, 0.1) is 11.3 Å². The van der Waals surface area contributed by atoms with Gasteiger partial charge in [0.2, 0.25) is 5.91 Å². The Kier molecular flexibility index (Phi) is 4.11. The summed E-state index contributed by atoms with van der Waals surface area (Å²) in [5.41, 5.74) is 1.59. The van der Waals surface area contributed by atoms with Crippen molar-refractivity contribution in [3.8, 4) is 0 Å². The summed E-state index contributed by atoms with van der Waals surface area (Å²) in [5.74, 6) is 0.613. The van der Waals surface area contributed by atoms with Gasteiger partial charge in [0, 0.05) is 26.1 Å². The largest absolute Gasteiger partial charge is 0.383 e. The van der Waals surface area contributed by atoms with Crippen LogP contribution in [0.5, 0.6) is 0 Å². The average molecular weight is 285 g/mol. The molecule has 1 atom stereocenters. The maximum Gasteiger partial charge on any atom is 0.226 e. The number of methoxy groups -OCH3 is 1. The van der Waals surface area contributed by atoms with Crippen molar-refractivity contribution in [2.24, 2.45) is 11.3 Å². The highest BCUT2D eigenvalue weighted by molar-refractivity contribution is 5.83. The van der Waals surface area contributed by atoms with E-state index in [9.17, 15) is 4.79 Å². The number of hydrogen-bond donors (Lipinski definition) is 0. The second-order valence-electron chi connectivity index (χ2n) is 6.21. The molecule has 1 amide bonds. The van der Waals surface area contributed by atoms with Gasteiger partial charge in [0.1, 0.15) is 0 Å². The summed E-state index contributed by atoms with van der Waals surface area (Å²) in [6.07, 6.45) is 7.76. The van der Waals surface area contributed by atoms with Crippen LogP contribution in [0.15, 0.2) is 36.4 Å². The van der Waals surface area contributed by atoms with Gasteiger partial charge in [-0.25, -0.2) is 0 Å². The molecule has 0 radical (unpaired) electrons. The van der Waals surface area contributed by atoms with Gasteiger partial charge in [-0.3, -0.25) is 4.79 Å². The van der Waals surface area contributed by atoms with Crippen molar-refractivity contribution in [1.29, 1.82) is 0 Å². The molecule has 0 aromatic heterocycles. The first kappa shape index (κ1) is 14.3. The number of rotatable bonds is 7. The third-order valence-electron chi connectivity index (χ3n) is 4.69. The Balaban J connectivity index is 1.57. The second-order valence-corrected chi connectivity index (χ2v) is 6.21. The van der Waals surface area contributed by atoms with E-state index < -0.39 is 0 Å². The molecule has 112 valence electrons. The standard InChI is InChI=1S/C18H23NO2/c1-21-13-12-19(17(20)16-14-18(16)9-10-18)11-5-8-15-6-3-2-4-7-15/h2-8,16H,9-14H2,1H3/b8-5+. The number of benzene rings is 1. The van der Waals surface area contributed by atoms with Crippen molar-refractivity contribution in [3.05, 3.63) is 42.0 Å². The number of carbonyl (C=O) groups excluding carboxylic acids is 1. The number of amides is 1. The zero-order valence-corrected chi connectivity index (χ0v) is 12.6. The van der Waals surface area contributed by atoms with Gasteiger partial charge in [0.05, 0.1) is 6.61 Å². The molecule has 21 heavy (non-hydrogen) atoms. The van der Waals surface area contributed by atoms with Crippen molar-refractivity contribution >= 4 is 12.0 Å². The summed E-state index contributed by atoms with van der Waals surface area (Å²) < 4.78 is 5.14. The van der Waals surface area contributed by atoms with Gasteiger partial charge in [-0.1, -0.05) is 42.5 Å². The van der Waals surface area contributed by atoms with Gasteiger partial charge < -0.3 is 9.64 Å². The number of ether oxygens (including phenoxy) is 1. The Bertz CT molecular complexity index is 519. The van der Waals surface area contributed by atoms with Gasteiger partial charge in [0.25, 0.3) is 0 Å². The van der Waals surface area contributed by atoms with E-state index in [0.717, 1.165) is 6.42 Å². The van der Waals surface area contributed by atoms with Crippen LogP contribution in [0.2, 0.25) is 0 Å². The van der Waals surface area contributed by atoms with E-state index in [1.807, 2.05) is 23.1 Å². The van der Waals surface area contributed by atoms with E-state index in [1.54, 1.807) is 7.11 Å². The highest BCUT2D eigenvalue weighted by Crippen LogP contribution is 2.70. The van der Waals surface area contributed by atoms with Gasteiger partial charge in [-0.2, -0.15) is 0 Å². The van der Waals surface area contributed by atoms with Crippen LogP contribution < -0.4 is 0 Å². The van der Waals surface area contributed by atoms with E-state index in [4.69, 9.17) is 4.74 Å². The molecule has 0 heterocycles. The molecule has 1 aromatic rings. The number of nitrogens with zero attached hydrogens (tertiary/aromatic N) is 1. The minimum absolute atomic E-state index is 0.291. The highest BCUT2D eigenvalue weighted by atomic mass is 16.5. The fourth-order valence-electron chi connectivity index (χ4n) is 3.00. The van der Waals surface area contributed by atoms with Crippen molar-refractivity contribution in [2.45, 2.75) is 19.3 Å². The Morgan fingerprint density at radius 2 is 2.14 bits per heavy atom. The topological polar surface area (TPSA) is 29.5 Å².